The Balaban J connectivity index is 1.28. The van der Waals surface area contributed by atoms with Crippen molar-refractivity contribution in [1.82, 2.24) is 9.97 Å². The molecule has 4 aromatic rings. The lowest BCUT2D eigenvalue weighted by atomic mass is 9.81. The molecule has 42 heavy (non-hydrogen) atoms. The summed E-state index contributed by atoms with van der Waals surface area (Å²) in [6.07, 6.45) is 14.5. The van der Waals surface area contributed by atoms with Crippen LogP contribution >= 0.6 is 22.7 Å². The number of nitrogens with zero attached hydrogens (tertiary/aromatic N) is 2. The molecule has 0 aliphatic heterocycles. The van der Waals surface area contributed by atoms with Gasteiger partial charge in [0.2, 0.25) is 0 Å². The van der Waals surface area contributed by atoms with Gasteiger partial charge in [-0.25, -0.2) is 9.97 Å². The molecule has 7 heteroatoms. The van der Waals surface area contributed by atoms with E-state index in [4.69, 9.17) is 9.47 Å². The molecule has 2 fully saturated rings. The van der Waals surface area contributed by atoms with Gasteiger partial charge in [0.1, 0.15) is 24.7 Å². The van der Waals surface area contributed by atoms with Gasteiger partial charge in [0.25, 0.3) is 0 Å². The quantitative estimate of drug-likeness (QED) is 0.152. The first-order valence-electron chi connectivity index (χ1n) is 15.5. The van der Waals surface area contributed by atoms with Gasteiger partial charge in [-0.05, 0) is 72.2 Å². The second kappa shape index (κ2) is 14.4. The molecule has 0 N–H and O–H groups in total. The number of carbonyl (C=O) groups excluding carboxylic acids is 1. The summed E-state index contributed by atoms with van der Waals surface area (Å²) in [4.78, 5) is 23.1. The van der Waals surface area contributed by atoms with E-state index in [9.17, 15) is 4.79 Å². The van der Waals surface area contributed by atoms with Crippen molar-refractivity contribution in [3.63, 3.8) is 0 Å². The molecule has 2 heterocycles. The maximum atomic E-state index is 14.4. The van der Waals surface area contributed by atoms with E-state index < -0.39 is 0 Å². The highest BCUT2D eigenvalue weighted by Crippen LogP contribution is 2.34. The van der Waals surface area contributed by atoms with E-state index >= 15 is 0 Å². The Morgan fingerprint density at radius 3 is 1.52 bits per heavy atom. The number of hydrogen-bond acceptors (Lipinski definition) is 7. The molecule has 5 nitrogen and oxygen atoms in total. The van der Waals surface area contributed by atoms with Crippen LogP contribution in [0.4, 0.5) is 0 Å². The zero-order valence-corrected chi connectivity index (χ0v) is 25.9. The van der Waals surface area contributed by atoms with E-state index in [1.807, 2.05) is 46.0 Å². The van der Waals surface area contributed by atoms with Crippen molar-refractivity contribution in [2.24, 2.45) is 11.8 Å². The van der Waals surface area contributed by atoms with Gasteiger partial charge < -0.3 is 9.47 Å². The Morgan fingerprint density at radius 1 is 0.667 bits per heavy atom. The summed E-state index contributed by atoms with van der Waals surface area (Å²) in [5.74, 6) is 2.95. The molecule has 2 aliphatic carbocycles. The number of ketones is 1. The summed E-state index contributed by atoms with van der Waals surface area (Å²) >= 11 is 3.15. The molecule has 0 bridgehead atoms. The zero-order valence-electron chi connectivity index (χ0n) is 24.3. The highest BCUT2D eigenvalue weighted by atomic mass is 32.1. The van der Waals surface area contributed by atoms with Gasteiger partial charge in [0.15, 0.2) is 5.78 Å². The molecular formula is C35H40N2O3S2. The fourth-order valence-electron chi connectivity index (χ4n) is 6.58. The van der Waals surface area contributed by atoms with E-state index in [0.29, 0.717) is 25.0 Å². The molecule has 0 amide bonds. The van der Waals surface area contributed by atoms with E-state index in [-0.39, 0.29) is 5.78 Å². The SMILES string of the molecule is O=C(c1ccc(OCc2cscn2)cc1CC1CCCCC1)c1ccc(OCc2cscn2)cc1CC1CCCCC1. The van der Waals surface area contributed by atoms with Gasteiger partial charge in [0, 0.05) is 21.9 Å². The van der Waals surface area contributed by atoms with Crippen molar-refractivity contribution in [2.75, 3.05) is 0 Å². The normalized spacial score (nSPS) is 16.4. The second-order valence-corrected chi connectivity index (χ2v) is 13.4. The van der Waals surface area contributed by atoms with Crippen LogP contribution in [0.1, 0.15) is 103 Å². The minimum Gasteiger partial charge on any atom is -0.487 e. The van der Waals surface area contributed by atoms with Crippen molar-refractivity contribution >= 4 is 28.5 Å². The highest BCUT2D eigenvalue weighted by Gasteiger charge is 2.24. The summed E-state index contributed by atoms with van der Waals surface area (Å²) in [6, 6.07) is 12.1. The topological polar surface area (TPSA) is 61.3 Å². The Hall–Kier alpha value is -3.03. The summed E-state index contributed by atoms with van der Waals surface area (Å²) in [5, 5.41) is 4.03. The van der Waals surface area contributed by atoms with Crippen LogP contribution in [0.5, 0.6) is 11.5 Å². The fraction of sp³-hybridized carbons (Fsp3) is 0.457. The Morgan fingerprint density at radius 2 is 1.12 bits per heavy atom. The first-order valence-corrected chi connectivity index (χ1v) is 17.4. The molecule has 2 aromatic heterocycles. The lowest BCUT2D eigenvalue weighted by Crippen LogP contribution is -2.16. The van der Waals surface area contributed by atoms with Crippen molar-refractivity contribution in [1.29, 1.82) is 0 Å². The van der Waals surface area contributed by atoms with Gasteiger partial charge in [0.05, 0.1) is 22.4 Å². The van der Waals surface area contributed by atoms with Gasteiger partial charge in [-0.2, -0.15) is 0 Å². The van der Waals surface area contributed by atoms with Gasteiger partial charge in [-0.15, -0.1) is 22.7 Å². The van der Waals surface area contributed by atoms with Crippen molar-refractivity contribution < 1.29 is 14.3 Å². The molecule has 0 spiro atoms. The number of carbonyl (C=O) groups is 1. The third kappa shape index (κ3) is 7.67. The molecule has 220 valence electrons. The number of aromatic nitrogens is 2. The lowest BCUT2D eigenvalue weighted by Gasteiger charge is -2.24. The molecule has 2 saturated carbocycles. The van der Waals surface area contributed by atoms with Crippen LogP contribution in [0.15, 0.2) is 58.2 Å². The third-order valence-corrected chi connectivity index (χ3v) is 10.1. The molecule has 0 saturated heterocycles. The Kier molecular flexibility index (Phi) is 9.98. The van der Waals surface area contributed by atoms with Gasteiger partial charge >= 0.3 is 0 Å². The zero-order chi connectivity index (χ0) is 28.6. The van der Waals surface area contributed by atoms with E-state index in [0.717, 1.165) is 58.0 Å². The maximum absolute atomic E-state index is 14.4. The fourth-order valence-corrected chi connectivity index (χ4v) is 7.67. The largest absolute Gasteiger partial charge is 0.487 e. The van der Waals surface area contributed by atoms with Gasteiger partial charge in [-0.1, -0.05) is 64.2 Å². The van der Waals surface area contributed by atoms with Crippen molar-refractivity contribution in [3.8, 4) is 11.5 Å². The molecule has 0 atom stereocenters. The average molecular weight is 601 g/mol. The summed E-state index contributed by atoms with van der Waals surface area (Å²) in [5.41, 5.74) is 9.34. The van der Waals surface area contributed by atoms with Crippen LogP contribution in [-0.4, -0.2) is 15.8 Å². The first kappa shape index (κ1) is 29.1. The van der Waals surface area contributed by atoms with E-state index in [2.05, 4.69) is 22.1 Å². The number of ether oxygens (including phenoxy) is 2. The van der Waals surface area contributed by atoms with E-state index in [1.165, 1.54) is 64.2 Å². The van der Waals surface area contributed by atoms with E-state index in [1.54, 1.807) is 22.7 Å². The molecule has 2 aliphatic rings. The standard InChI is InChI=1S/C35H40N2O3S2/c38-35(33-13-11-31(39-19-29-21-41-23-36-29)17-27(33)15-25-7-3-1-4-8-25)34-14-12-32(40-20-30-22-42-24-37-30)18-28(34)16-26-9-5-2-6-10-26/h11-14,17-18,21-26H,1-10,15-16,19-20H2. The van der Waals surface area contributed by atoms with Crippen molar-refractivity contribution in [3.05, 3.63) is 91.8 Å². The monoisotopic (exact) mass is 600 g/mol. The number of rotatable bonds is 12. The Bertz CT molecular complexity index is 1310. The predicted octanol–water partition coefficient (Wildman–Crippen LogP) is 9.23. The lowest BCUT2D eigenvalue weighted by molar-refractivity contribution is 0.103. The second-order valence-electron chi connectivity index (χ2n) is 11.9. The molecule has 0 radical (unpaired) electrons. The number of benzene rings is 2. The minimum atomic E-state index is 0.115. The van der Waals surface area contributed by atoms with Crippen molar-refractivity contribution in [2.45, 2.75) is 90.3 Å². The molecule has 6 rings (SSSR count). The van der Waals surface area contributed by atoms with Crippen LogP contribution in [0.3, 0.4) is 0 Å². The van der Waals surface area contributed by atoms with Crippen LogP contribution in [0, 0.1) is 11.8 Å². The maximum Gasteiger partial charge on any atom is 0.193 e. The van der Waals surface area contributed by atoms with Crippen LogP contribution in [0.25, 0.3) is 0 Å². The number of thiazole rings is 2. The summed E-state index contributed by atoms with van der Waals surface area (Å²) in [6.45, 7) is 0.876. The molecule has 2 aromatic carbocycles. The van der Waals surface area contributed by atoms with Gasteiger partial charge in [-0.3, -0.25) is 4.79 Å². The summed E-state index contributed by atoms with van der Waals surface area (Å²) in [7, 11) is 0. The summed E-state index contributed by atoms with van der Waals surface area (Å²) < 4.78 is 12.3. The highest BCUT2D eigenvalue weighted by molar-refractivity contribution is 7.07. The third-order valence-electron chi connectivity index (χ3n) is 8.85. The molecule has 0 unspecified atom stereocenters. The van der Waals surface area contributed by atoms with Crippen LogP contribution < -0.4 is 9.47 Å². The number of hydrogen-bond donors (Lipinski definition) is 0. The van der Waals surface area contributed by atoms with Crippen LogP contribution in [0.2, 0.25) is 0 Å². The Labute approximate surface area is 257 Å². The smallest absolute Gasteiger partial charge is 0.193 e. The minimum absolute atomic E-state index is 0.115. The predicted molar refractivity (Wildman–Crippen MR) is 170 cm³/mol. The molecular weight excluding hydrogens is 561 g/mol. The average Bonchev–Trinajstić information content (AvgIpc) is 3.75. The first-order chi connectivity index (χ1) is 20.7. The van der Waals surface area contributed by atoms with Crippen LogP contribution in [-0.2, 0) is 26.1 Å².